The van der Waals surface area contributed by atoms with Crippen LogP contribution in [0.4, 0.5) is 0 Å². The highest BCUT2D eigenvalue weighted by Crippen LogP contribution is 2.38. The zero-order chi connectivity index (χ0) is 13.9. The summed E-state index contributed by atoms with van der Waals surface area (Å²) in [6.07, 6.45) is 1.09. The molecule has 20 heavy (non-hydrogen) atoms. The van der Waals surface area contributed by atoms with Gasteiger partial charge in [-0.15, -0.1) is 11.8 Å². The molecule has 0 aromatic heterocycles. The van der Waals surface area contributed by atoms with Crippen molar-refractivity contribution in [3.8, 4) is 5.75 Å². The molecule has 0 radical (unpaired) electrons. The van der Waals surface area contributed by atoms with Crippen LogP contribution in [0.2, 0.25) is 0 Å². The van der Waals surface area contributed by atoms with Gasteiger partial charge in [0.25, 0.3) is 0 Å². The minimum atomic E-state index is 0.502. The molecule has 0 N–H and O–H groups in total. The molecule has 0 aliphatic carbocycles. The van der Waals surface area contributed by atoms with Crippen molar-refractivity contribution < 1.29 is 4.74 Å². The van der Waals surface area contributed by atoms with Gasteiger partial charge in [-0.05, 0) is 40.0 Å². The van der Waals surface area contributed by atoms with Crippen LogP contribution in [-0.2, 0) is 11.8 Å². The number of ether oxygens (including phenoxy) is 1. The van der Waals surface area contributed by atoms with E-state index in [1.165, 1.54) is 16.0 Å². The Hall–Kier alpha value is -0.450. The lowest BCUT2D eigenvalue weighted by Gasteiger charge is -2.15. The smallest absolute Gasteiger partial charge is 0.137 e. The monoisotopic (exact) mass is 412 g/mol. The van der Waals surface area contributed by atoms with Crippen molar-refractivity contribution in [2.75, 3.05) is 6.61 Å². The van der Waals surface area contributed by atoms with E-state index < -0.39 is 0 Å². The second-order valence-electron chi connectivity index (χ2n) is 4.72. The number of para-hydroxylation sites is 1. The van der Waals surface area contributed by atoms with E-state index in [0.717, 1.165) is 28.6 Å². The first-order valence-electron chi connectivity index (χ1n) is 6.48. The molecule has 1 atom stereocenters. The Kier molecular flexibility index (Phi) is 4.74. The molecule has 0 spiro atoms. The van der Waals surface area contributed by atoms with E-state index in [1.54, 1.807) is 0 Å². The lowest BCUT2D eigenvalue weighted by atomic mass is 10.1. The molecule has 3 rings (SSSR count). The van der Waals surface area contributed by atoms with Crippen molar-refractivity contribution in [2.24, 2.45) is 0 Å². The Morgan fingerprint density at radius 3 is 2.80 bits per heavy atom. The number of alkyl halides is 1. The maximum Gasteiger partial charge on any atom is 0.137 e. The van der Waals surface area contributed by atoms with Gasteiger partial charge in [0.2, 0.25) is 0 Å². The highest BCUT2D eigenvalue weighted by atomic mass is 79.9. The molecule has 0 saturated carbocycles. The predicted octanol–water partition coefficient (Wildman–Crippen LogP) is 5.44. The fourth-order valence-corrected chi connectivity index (χ4v) is 4.52. The first kappa shape index (κ1) is 14.5. The molecule has 0 saturated heterocycles. The normalized spacial score (nSPS) is 17.0. The van der Waals surface area contributed by atoms with Crippen LogP contribution in [0.1, 0.15) is 11.1 Å². The summed E-state index contributed by atoms with van der Waals surface area (Å²) >= 11 is 9.01. The summed E-state index contributed by atoms with van der Waals surface area (Å²) in [5.41, 5.74) is 2.62. The van der Waals surface area contributed by atoms with Crippen LogP contribution in [-0.4, -0.2) is 11.9 Å². The molecule has 2 aromatic carbocycles. The molecule has 1 unspecified atom stereocenters. The number of thioether (sulfide) groups is 1. The maximum atomic E-state index is 6.08. The van der Waals surface area contributed by atoms with Crippen molar-refractivity contribution in [3.05, 3.63) is 58.1 Å². The van der Waals surface area contributed by atoms with Gasteiger partial charge in [0.15, 0.2) is 0 Å². The molecule has 2 aromatic rings. The summed E-state index contributed by atoms with van der Waals surface area (Å²) in [5.74, 6) is 0.959. The third-order valence-electron chi connectivity index (χ3n) is 3.32. The van der Waals surface area contributed by atoms with Crippen molar-refractivity contribution in [3.63, 3.8) is 0 Å². The van der Waals surface area contributed by atoms with Gasteiger partial charge in [-0.3, -0.25) is 0 Å². The minimum Gasteiger partial charge on any atom is -0.491 e. The average molecular weight is 414 g/mol. The SMILES string of the molecule is BrCc1cccc(Br)c1OCC1Cc2ccccc2S1. The molecular formula is C16H14Br2OS. The third-order valence-corrected chi connectivity index (χ3v) is 5.84. The predicted molar refractivity (Wildman–Crippen MR) is 92.1 cm³/mol. The molecule has 0 bridgehead atoms. The minimum absolute atomic E-state index is 0.502. The molecule has 104 valence electrons. The summed E-state index contributed by atoms with van der Waals surface area (Å²) in [6, 6.07) is 14.8. The summed E-state index contributed by atoms with van der Waals surface area (Å²) in [7, 11) is 0. The topological polar surface area (TPSA) is 9.23 Å². The van der Waals surface area contributed by atoms with E-state index in [1.807, 2.05) is 23.9 Å². The number of hydrogen-bond acceptors (Lipinski definition) is 2. The van der Waals surface area contributed by atoms with Crippen molar-refractivity contribution in [2.45, 2.75) is 21.9 Å². The first-order chi connectivity index (χ1) is 9.78. The summed E-state index contributed by atoms with van der Waals surface area (Å²) in [4.78, 5) is 1.40. The molecule has 1 aliphatic heterocycles. The number of fused-ring (bicyclic) bond motifs is 1. The zero-order valence-electron chi connectivity index (χ0n) is 10.8. The molecular weight excluding hydrogens is 400 g/mol. The van der Waals surface area contributed by atoms with Crippen LogP contribution in [0.5, 0.6) is 5.75 Å². The first-order valence-corrected chi connectivity index (χ1v) is 9.28. The molecule has 1 nitrogen and oxygen atoms in total. The Bertz CT molecular complexity index is 590. The fraction of sp³-hybridized carbons (Fsp3) is 0.250. The van der Waals surface area contributed by atoms with Gasteiger partial charge in [0.1, 0.15) is 12.4 Å². The quantitative estimate of drug-likeness (QED) is 0.617. The van der Waals surface area contributed by atoms with Gasteiger partial charge < -0.3 is 4.74 Å². The highest BCUT2D eigenvalue weighted by Gasteiger charge is 2.22. The van der Waals surface area contributed by atoms with Gasteiger partial charge >= 0.3 is 0 Å². The molecule has 4 heteroatoms. The van der Waals surface area contributed by atoms with Gasteiger partial charge in [0.05, 0.1) is 4.47 Å². The van der Waals surface area contributed by atoms with Crippen molar-refractivity contribution >= 4 is 43.6 Å². The van der Waals surface area contributed by atoms with Gasteiger partial charge in [-0.25, -0.2) is 0 Å². The van der Waals surface area contributed by atoms with Gasteiger partial charge in [0, 0.05) is 21.0 Å². The Morgan fingerprint density at radius 1 is 1.15 bits per heavy atom. The van der Waals surface area contributed by atoms with Crippen LogP contribution >= 0.6 is 43.6 Å². The van der Waals surface area contributed by atoms with E-state index in [4.69, 9.17) is 4.74 Å². The van der Waals surface area contributed by atoms with Gasteiger partial charge in [-0.1, -0.05) is 46.3 Å². The second-order valence-corrected chi connectivity index (χ2v) is 7.48. The lowest BCUT2D eigenvalue weighted by molar-refractivity contribution is 0.313. The third kappa shape index (κ3) is 3.07. The second kappa shape index (κ2) is 6.54. The van der Waals surface area contributed by atoms with E-state index in [9.17, 15) is 0 Å². The van der Waals surface area contributed by atoms with E-state index in [2.05, 4.69) is 62.2 Å². The number of rotatable bonds is 4. The maximum absolute atomic E-state index is 6.08. The summed E-state index contributed by atoms with van der Waals surface area (Å²) in [6.45, 7) is 0.738. The number of halogens is 2. The summed E-state index contributed by atoms with van der Waals surface area (Å²) < 4.78 is 7.10. The Labute approximate surface area is 140 Å². The Balaban J connectivity index is 1.67. The fourth-order valence-electron chi connectivity index (χ4n) is 2.34. The molecule has 1 heterocycles. The lowest BCUT2D eigenvalue weighted by Crippen LogP contribution is -2.14. The van der Waals surface area contributed by atoms with Crippen LogP contribution in [0.25, 0.3) is 0 Å². The standard InChI is InChI=1S/C16H14Br2OS/c17-9-12-5-3-6-14(18)16(12)19-10-13-8-11-4-1-2-7-15(11)20-13/h1-7,13H,8-10H2. The van der Waals surface area contributed by atoms with Crippen LogP contribution in [0.15, 0.2) is 51.8 Å². The number of benzene rings is 2. The van der Waals surface area contributed by atoms with E-state index >= 15 is 0 Å². The van der Waals surface area contributed by atoms with E-state index in [-0.39, 0.29) is 0 Å². The van der Waals surface area contributed by atoms with Crippen LogP contribution < -0.4 is 4.74 Å². The van der Waals surface area contributed by atoms with Crippen LogP contribution in [0.3, 0.4) is 0 Å². The van der Waals surface area contributed by atoms with Crippen molar-refractivity contribution in [1.82, 2.24) is 0 Å². The molecule has 0 amide bonds. The van der Waals surface area contributed by atoms with Crippen LogP contribution in [0, 0.1) is 0 Å². The van der Waals surface area contributed by atoms with E-state index in [0.29, 0.717) is 5.25 Å². The highest BCUT2D eigenvalue weighted by molar-refractivity contribution is 9.10. The Morgan fingerprint density at radius 2 is 2.00 bits per heavy atom. The summed E-state index contributed by atoms with van der Waals surface area (Å²) in [5, 5.41) is 1.31. The zero-order valence-corrected chi connectivity index (χ0v) is 14.8. The molecule has 0 fully saturated rings. The number of hydrogen-bond donors (Lipinski definition) is 0. The van der Waals surface area contributed by atoms with Crippen molar-refractivity contribution in [1.29, 1.82) is 0 Å². The molecule has 1 aliphatic rings. The largest absolute Gasteiger partial charge is 0.491 e. The average Bonchev–Trinajstić information content (AvgIpc) is 2.88. The van der Waals surface area contributed by atoms with Gasteiger partial charge in [-0.2, -0.15) is 0 Å².